The van der Waals surface area contributed by atoms with E-state index in [0.29, 0.717) is 36.7 Å². The topological polar surface area (TPSA) is 75.8 Å². The van der Waals surface area contributed by atoms with E-state index in [9.17, 15) is 4.79 Å². The zero-order valence-electron chi connectivity index (χ0n) is 8.14. The molecule has 0 saturated heterocycles. The van der Waals surface area contributed by atoms with Crippen LogP contribution in [0.25, 0.3) is 0 Å². The quantitative estimate of drug-likeness (QED) is 0.634. The van der Waals surface area contributed by atoms with Gasteiger partial charge in [0.05, 0.1) is 12.3 Å². The van der Waals surface area contributed by atoms with Crippen molar-refractivity contribution in [3.63, 3.8) is 0 Å². The molecule has 1 aliphatic heterocycles. The van der Waals surface area contributed by atoms with E-state index < -0.39 is 6.09 Å². The number of ether oxygens (including phenoxy) is 1. The second kappa shape index (κ2) is 3.68. The average Bonchev–Trinajstić information content (AvgIpc) is 2.38. The first-order chi connectivity index (χ1) is 7.18. The smallest absolute Gasteiger partial charge is 0.411 e. The molecule has 1 amide bonds. The highest BCUT2D eigenvalue weighted by atomic mass is 16.5. The number of amides is 1. The van der Waals surface area contributed by atoms with Crippen molar-refractivity contribution in [2.24, 2.45) is 0 Å². The molecular formula is C10H12N2O3. The molecule has 5 heteroatoms. The highest BCUT2D eigenvalue weighted by Crippen LogP contribution is 2.32. The predicted octanol–water partition coefficient (Wildman–Crippen LogP) is 1.54. The molecule has 80 valence electrons. The van der Waals surface area contributed by atoms with E-state index in [2.05, 4.69) is 0 Å². The SMILES string of the molecule is Nc1ccc2c(c1)OCCCN2C(=O)O. The fraction of sp³-hybridized carbons (Fsp3) is 0.300. The minimum atomic E-state index is -0.966. The number of nitrogens with two attached hydrogens (primary N) is 1. The van der Waals surface area contributed by atoms with Crippen LogP contribution in [-0.2, 0) is 0 Å². The second-order valence-corrected chi connectivity index (χ2v) is 3.36. The average molecular weight is 208 g/mol. The fourth-order valence-corrected chi connectivity index (χ4v) is 1.59. The number of hydrogen-bond acceptors (Lipinski definition) is 3. The summed E-state index contributed by atoms with van der Waals surface area (Å²) in [6, 6.07) is 4.99. The number of hydrogen-bond donors (Lipinski definition) is 2. The van der Waals surface area contributed by atoms with Crippen LogP contribution in [0.3, 0.4) is 0 Å². The third kappa shape index (κ3) is 1.81. The van der Waals surface area contributed by atoms with Crippen LogP contribution in [-0.4, -0.2) is 24.4 Å². The van der Waals surface area contributed by atoms with E-state index in [0.717, 1.165) is 0 Å². The highest BCUT2D eigenvalue weighted by molar-refractivity contribution is 5.88. The highest BCUT2D eigenvalue weighted by Gasteiger charge is 2.21. The number of carbonyl (C=O) groups is 1. The standard InChI is InChI=1S/C10H12N2O3/c11-7-2-3-8-9(6-7)15-5-1-4-12(8)10(13)14/h2-3,6H,1,4-5,11H2,(H,13,14). The van der Waals surface area contributed by atoms with Crippen molar-refractivity contribution >= 4 is 17.5 Å². The van der Waals surface area contributed by atoms with Gasteiger partial charge in [0.1, 0.15) is 5.75 Å². The number of carboxylic acid groups (broad SMARTS) is 1. The fourth-order valence-electron chi connectivity index (χ4n) is 1.59. The van der Waals surface area contributed by atoms with Crippen LogP contribution in [0.5, 0.6) is 5.75 Å². The van der Waals surface area contributed by atoms with Crippen LogP contribution in [0.1, 0.15) is 6.42 Å². The van der Waals surface area contributed by atoms with E-state index in [1.54, 1.807) is 18.2 Å². The second-order valence-electron chi connectivity index (χ2n) is 3.36. The first-order valence-electron chi connectivity index (χ1n) is 4.71. The molecule has 1 heterocycles. The lowest BCUT2D eigenvalue weighted by atomic mass is 10.2. The largest absolute Gasteiger partial charge is 0.491 e. The molecule has 0 atom stereocenters. The van der Waals surface area contributed by atoms with Gasteiger partial charge in [-0.2, -0.15) is 0 Å². The van der Waals surface area contributed by atoms with Gasteiger partial charge in [-0.15, -0.1) is 0 Å². The van der Waals surface area contributed by atoms with E-state index in [4.69, 9.17) is 15.6 Å². The zero-order valence-corrected chi connectivity index (χ0v) is 8.14. The van der Waals surface area contributed by atoms with Gasteiger partial charge in [0.25, 0.3) is 0 Å². The Morgan fingerprint density at radius 3 is 3.07 bits per heavy atom. The van der Waals surface area contributed by atoms with Crippen LogP contribution in [0.2, 0.25) is 0 Å². The van der Waals surface area contributed by atoms with Gasteiger partial charge >= 0.3 is 6.09 Å². The molecule has 0 aliphatic carbocycles. The molecule has 3 N–H and O–H groups in total. The summed E-state index contributed by atoms with van der Waals surface area (Å²) < 4.78 is 5.42. The van der Waals surface area contributed by atoms with Gasteiger partial charge in [0.15, 0.2) is 0 Å². The Balaban J connectivity index is 2.45. The predicted molar refractivity (Wildman–Crippen MR) is 56.3 cm³/mol. The molecule has 0 unspecified atom stereocenters. The van der Waals surface area contributed by atoms with Crippen LogP contribution < -0.4 is 15.4 Å². The molecule has 0 fully saturated rings. The van der Waals surface area contributed by atoms with Gasteiger partial charge in [0, 0.05) is 18.3 Å². The molecule has 0 aromatic heterocycles. The zero-order chi connectivity index (χ0) is 10.8. The Kier molecular flexibility index (Phi) is 2.37. The summed E-state index contributed by atoms with van der Waals surface area (Å²) in [5.74, 6) is 0.537. The monoisotopic (exact) mass is 208 g/mol. The van der Waals surface area contributed by atoms with Crippen LogP contribution in [0.15, 0.2) is 18.2 Å². The van der Waals surface area contributed by atoms with Crippen LogP contribution >= 0.6 is 0 Å². The van der Waals surface area contributed by atoms with Gasteiger partial charge in [-0.05, 0) is 18.6 Å². The molecule has 0 radical (unpaired) electrons. The summed E-state index contributed by atoms with van der Waals surface area (Å²) in [4.78, 5) is 12.3. The van der Waals surface area contributed by atoms with Crippen molar-refractivity contribution in [2.75, 3.05) is 23.8 Å². The van der Waals surface area contributed by atoms with E-state index in [1.165, 1.54) is 4.90 Å². The lowest BCUT2D eigenvalue weighted by Gasteiger charge is -2.17. The molecule has 0 spiro atoms. The molecule has 0 bridgehead atoms. The molecule has 2 rings (SSSR count). The molecule has 1 aliphatic rings. The Hall–Kier alpha value is -1.91. The van der Waals surface area contributed by atoms with Gasteiger partial charge in [0.2, 0.25) is 0 Å². The number of rotatable bonds is 0. The van der Waals surface area contributed by atoms with Crippen molar-refractivity contribution in [2.45, 2.75) is 6.42 Å². The summed E-state index contributed by atoms with van der Waals surface area (Å²) in [5, 5.41) is 9.02. The molecule has 5 nitrogen and oxygen atoms in total. The Morgan fingerprint density at radius 2 is 2.33 bits per heavy atom. The van der Waals surface area contributed by atoms with Gasteiger partial charge in [-0.1, -0.05) is 0 Å². The summed E-state index contributed by atoms with van der Waals surface area (Å²) in [7, 11) is 0. The van der Waals surface area contributed by atoms with Crippen molar-refractivity contribution in [3.05, 3.63) is 18.2 Å². The summed E-state index contributed by atoms with van der Waals surface area (Å²) in [5.41, 5.74) is 6.74. The number of anilines is 2. The first kappa shape index (κ1) is 9.64. The molecule has 1 aromatic rings. The van der Waals surface area contributed by atoms with Crippen molar-refractivity contribution in [1.29, 1.82) is 0 Å². The molecule has 1 aromatic carbocycles. The Bertz CT molecular complexity index is 392. The number of fused-ring (bicyclic) bond motifs is 1. The Labute approximate surface area is 87.1 Å². The van der Waals surface area contributed by atoms with Crippen molar-refractivity contribution < 1.29 is 14.6 Å². The van der Waals surface area contributed by atoms with E-state index >= 15 is 0 Å². The van der Waals surface area contributed by atoms with E-state index in [1.807, 2.05) is 0 Å². The maximum Gasteiger partial charge on any atom is 0.411 e. The third-order valence-electron chi connectivity index (χ3n) is 2.29. The maximum atomic E-state index is 11.0. The minimum absolute atomic E-state index is 0.451. The summed E-state index contributed by atoms with van der Waals surface area (Å²) >= 11 is 0. The lowest BCUT2D eigenvalue weighted by molar-refractivity contribution is 0.202. The van der Waals surface area contributed by atoms with Crippen molar-refractivity contribution in [3.8, 4) is 5.75 Å². The summed E-state index contributed by atoms with van der Waals surface area (Å²) in [6.45, 7) is 0.965. The maximum absolute atomic E-state index is 11.0. The van der Waals surface area contributed by atoms with Crippen molar-refractivity contribution in [1.82, 2.24) is 0 Å². The van der Waals surface area contributed by atoms with Gasteiger partial charge in [-0.25, -0.2) is 4.79 Å². The first-order valence-corrected chi connectivity index (χ1v) is 4.71. The molecule has 0 saturated carbocycles. The Morgan fingerprint density at radius 1 is 1.53 bits per heavy atom. The van der Waals surface area contributed by atoms with E-state index in [-0.39, 0.29) is 0 Å². The number of benzene rings is 1. The number of nitrogens with zero attached hydrogens (tertiary/aromatic N) is 1. The minimum Gasteiger partial charge on any atom is -0.491 e. The number of nitrogen functional groups attached to an aromatic ring is 1. The normalized spacial score (nSPS) is 15.1. The van der Waals surface area contributed by atoms with Gasteiger partial charge in [-0.3, -0.25) is 4.90 Å². The lowest BCUT2D eigenvalue weighted by Crippen LogP contribution is -2.29. The third-order valence-corrected chi connectivity index (χ3v) is 2.29. The molecular weight excluding hydrogens is 196 g/mol. The molecule has 15 heavy (non-hydrogen) atoms. The summed E-state index contributed by atoms with van der Waals surface area (Å²) in [6.07, 6.45) is -0.285. The van der Waals surface area contributed by atoms with Crippen LogP contribution in [0.4, 0.5) is 16.2 Å². The van der Waals surface area contributed by atoms with Crippen LogP contribution in [0, 0.1) is 0 Å². The van der Waals surface area contributed by atoms with Gasteiger partial charge < -0.3 is 15.6 Å².